The number of ether oxygens (including phenoxy) is 1. The molecule has 1 saturated heterocycles. The molecule has 5 N–H and O–H groups in total. The van der Waals surface area contributed by atoms with Crippen LogP contribution < -0.4 is 15.8 Å². The molecule has 6 atom stereocenters. The van der Waals surface area contributed by atoms with Crippen molar-refractivity contribution in [3.8, 4) is 5.75 Å². The molecule has 0 spiro atoms. The minimum atomic E-state index is -0.957. The Labute approximate surface area is 293 Å². The average Bonchev–Trinajstić information content (AvgIpc) is 3.58. The van der Waals surface area contributed by atoms with Crippen molar-refractivity contribution in [2.24, 2.45) is 17.6 Å². The highest BCUT2D eigenvalue weighted by Crippen LogP contribution is 2.33. The first-order valence-electron chi connectivity index (χ1n) is 17.4. The highest BCUT2D eigenvalue weighted by atomic mass is 16.5. The molecule has 0 saturated carbocycles. The third-order valence-corrected chi connectivity index (χ3v) is 9.87. The van der Waals surface area contributed by atoms with E-state index in [-0.39, 0.29) is 43.3 Å². The fourth-order valence-corrected chi connectivity index (χ4v) is 7.49. The van der Waals surface area contributed by atoms with Gasteiger partial charge >= 0.3 is 0 Å². The van der Waals surface area contributed by atoms with Gasteiger partial charge in [0.05, 0.1) is 18.2 Å². The Bertz CT molecular complexity index is 1770. The molecule has 0 unspecified atom stereocenters. The van der Waals surface area contributed by atoms with Crippen LogP contribution in [0.3, 0.4) is 0 Å². The van der Waals surface area contributed by atoms with Crippen LogP contribution in [0.2, 0.25) is 0 Å². The maximum Gasteiger partial charge on any atom is 0.255 e. The van der Waals surface area contributed by atoms with Crippen molar-refractivity contribution in [2.45, 2.75) is 62.8 Å². The monoisotopic (exact) mass is 675 g/mol. The van der Waals surface area contributed by atoms with Crippen LogP contribution in [0, 0.1) is 11.8 Å². The smallest absolute Gasteiger partial charge is 0.255 e. The summed E-state index contributed by atoms with van der Waals surface area (Å²) in [5, 5.41) is 25.6. The van der Waals surface area contributed by atoms with Gasteiger partial charge in [-0.05, 0) is 72.1 Å². The molecule has 4 aromatic carbocycles. The maximum atomic E-state index is 14.1. The van der Waals surface area contributed by atoms with Crippen molar-refractivity contribution in [1.29, 1.82) is 0 Å². The second kappa shape index (κ2) is 16.1. The van der Waals surface area contributed by atoms with Gasteiger partial charge in [-0.25, -0.2) is 0 Å². The zero-order valence-corrected chi connectivity index (χ0v) is 28.1. The third-order valence-electron chi connectivity index (χ3n) is 9.87. The lowest BCUT2D eigenvalue weighted by molar-refractivity contribution is -0.133. The minimum Gasteiger partial charge on any atom is -0.484 e. The highest BCUT2D eigenvalue weighted by Gasteiger charge is 2.41. The lowest BCUT2D eigenvalue weighted by Crippen LogP contribution is -2.43. The quantitative estimate of drug-likeness (QED) is 0.151. The summed E-state index contributed by atoms with van der Waals surface area (Å²) in [6, 6.07) is 34.1. The summed E-state index contributed by atoms with van der Waals surface area (Å²) in [5.41, 5.74) is 10.1. The molecule has 0 radical (unpaired) electrons. The summed E-state index contributed by atoms with van der Waals surface area (Å²) in [6.07, 6.45) is 1.08. The molecule has 3 amide bonds. The third kappa shape index (κ3) is 8.77. The molecule has 1 fully saturated rings. The van der Waals surface area contributed by atoms with Crippen molar-refractivity contribution >= 4 is 17.7 Å². The zero-order chi connectivity index (χ0) is 35.0. The number of rotatable bonds is 15. The van der Waals surface area contributed by atoms with Crippen molar-refractivity contribution < 1.29 is 29.3 Å². The number of likely N-dealkylation sites (tertiary alicyclic amines) is 1. The number of benzene rings is 4. The minimum absolute atomic E-state index is 0.0387. The molecule has 260 valence electrons. The predicted molar refractivity (Wildman–Crippen MR) is 190 cm³/mol. The number of nitrogens with one attached hydrogen (secondary N) is 1. The predicted octanol–water partition coefficient (Wildman–Crippen LogP) is 3.94. The Morgan fingerprint density at radius 1 is 0.880 bits per heavy atom. The Morgan fingerprint density at radius 3 is 2.30 bits per heavy atom. The molecule has 9 nitrogen and oxygen atoms in total. The molecule has 1 heterocycles. The lowest BCUT2D eigenvalue weighted by Gasteiger charge is -2.29. The molecule has 4 aromatic rings. The number of primary amides is 1. The number of β-amino-alcohol motifs (C(OH)–C–C–N with tert-alkyl or cyclic N) is 1. The SMILES string of the molecule is NC(=O)COc1cccc(C[C@H]2C[C@H](Cc3ccccc3)N(C[C@@H](O)C[C@@H](Cc3ccccc3)C(=O)N[C@H]3c4ccccc4C[C@H]3O)C2=O)c1. The van der Waals surface area contributed by atoms with Crippen LogP contribution >= 0.6 is 0 Å². The Hall–Kier alpha value is -4.99. The largest absolute Gasteiger partial charge is 0.484 e. The number of nitrogens with zero attached hydrogens (tertiary/aromatic N) is 1. The normalized spacial score (nSPS) is 21.0. The molecular formula is C41H45N3O6. The number of aliphatic hydroxyl groups excluding tert-OH is 2. The number of carbonyl (C=O) groups excluding carboxylic acids is 3. The number of amides is 3. The Kier molecular flexibility index (Phi) is 11.3. The fourth-order valence-electron chi connectivity index (χ4n) is 7.49. The van der Waals surface area contributed by atoms with E-state index in [0.29, 0.717) is 37.9 Å². The Balaban J connectivity index is 1.18. The molecular weight excluding hydrogens is 630 g/mol. The summed E-state index contributed by atoms with van der Waals surface area (Å²) >= 11 is 0. The fraction of sp³-hybridized carbons (Fsp3) is 0.341. The van der Waals surface area contributed by atoms with E-state index in [2.05, 4.69) is 5.32 Å². The highest BCUT2D eigenvalue weighted by molar-refractivity contribution is 5.82. The van der Waals surface area contributed by atoms with Crippen LogP contribution in [-0.4, -0.2) is 64.2 Å². The van der Waals surface area contributed by atoms with Gasteiger partial charge < -0.3 is 30.9 Å². The number of carbonyl (C=O) groups is 3. The molecule has 9 heteroatoms. The first kappa shape index (κ1) is 34.9. The van der Waals surface area contributed by atoms with Gasteiger partial charge in [0.2, 0.25) is 11.8 Å². The summed E-state index contributed by atoms with van der Waals surface area (Å²) in [5.74, 6) is -1.23. The van der Waals surface area contributed by atoms with Crippen molar-refractivity contribution in [1.82, 2.24) is 10.2 Å². The summed E-state index contributed by atoms with van der Waals surface area (Å²) in [7, 11) is 0. The van der Waals surface area contributed by atoms with E-state index in [1.165, 1.54) is 0 Å². The van der Waals surface area contributed by atoms with Crippen LogP contribution in [0.1, 0.15) is 46.7 Å². The van der Waals surface area contributed by atoms with Gasteiger partial charge in [-0.1, -0.05) is 97.1 Å². The number of nitrogens with two attached hydrogens (primary N) is 1. The first-order valence-corrected chi connectivity index (χ1v) is 17.4. The van der Waals surface area contributed by atoms with Gasteiger partial charge in [-0.15, -0.1) is 0 Å². The molecule has 50 heavy (non-hydrogen) atoms. The van der Waals surface area contributed by atoms with Gasteiger partial charge in [0.15, 0.2) is 6.61 Å². The van der Waals surface area contributed by atoms with Gasteiger partial charge in [-0.3, -0.25) is 14.4 Å². The van der Waals surface area contributed by atoms with Crippen LogP contribution in [0.4, 0.5) is 0 Å². The number of hydrogen-bond acceptors (Lipinski definition) is 6. The first-order chi connectivity index (χ1) is 24.2. The van der Waals surface area contributed by atoms with Gasteiger partial charge in [-0.2, -0.15) is 0 Å². The van der Waals surface area contributed by atoms with Crippen LogP contribution in [0.5, 0.6) is 5.75 Å². The van der Waals surface area contributed by atoms with Crippen LogP contribution in [0.25, 0.3) is 0 Å². The second-order valence-corrected chi connectivity index (χ2v) is 13.6. The number of aliphatic hydroxyl groups is 2. The average molecular weight is 676 g/mol. The molecule has 2 aliphatic rings. The number of hydrogen-bond donors (Lipinski definition) is 4. The van der Waals surface area contributed by atoms with E-state index in [4.69, 9.17) is 10.5 Å². The van der Waals surface area contributed by atoms with E-state index in [0.717, 1.165) is 27.8 Å². The van der Waals surface area contributed by atoms with E-state index in [9.17, 15) is 24.6 Å². The standard InChI is InChI=1S/C41H45N3O6/c42-38(47)26-50-35-16-9-14-29(21-35)19-32-22-33(20-28-12-5-2-6-13-28)44(41(32)49)25-34(45)23-31(18-27-10-3-1-4-11-27)40(48)43-39-36-17-8-7-15-30(36)24-37(39)46/h1-17,21,31-34,37,39,45-46H,18-20,22-26H2,(H2,42,47)(H,43,48)/t31-,32+,33+,34+,37-,39+/m1/s1. The molecule has 1 aliphatic heterocycles. The Morgan fingerprint density at radius 2 is 1.56 bits per heavy atom. The van der Waals surface area contributed by atoms with E-state index < -0.39 is 30.1 Å². The number of fused-ring (bicyclic) bond motifs is 1. The van der Waals surface area contributed by atoms with Gasteiger partial charge in [0.1, 0.15) is 5.75 Å². The summed E-state index contributed by atoms with van der Waals surface area (Å²) in [4.78, 5) is 41.0. The van der Waals surface area contributed by atoms with Crippen LogP contribution in [0.15, 0.2) is 109 Å². The van der Waals surface area contributed by atoms with E-state index >= 15 is 0 Å². The van der Waals surface area contributed by atoms with E-state index in [1.54, 1.807) is 11.0 Å². The molecule has 1 aliphatic carbocycles. The topological polar surface area (TPSA) is 142 Å². The van der Waals surface area contributed by atoms with E-state index in [1.807, 2.05) is 103 Å². The molecule has 6 rings (SSSR count). The molecule has 0 aromatic heterocycles. The maximum absolute atomic E-state index is 14.1. The lowest BCUT2D eigenvalue weighted by atomic mass is 9.91. The summed E-state index contributed by atoms with van der Waals surface area (Å²) in [6.45, 7) is -0.128. The van der Waals surface area contributed by atoms with Crippen molar-refractivity contribution in [3.05, 3.63) is 137 Å². The van der Waals surface area contributed by atoms with Crippen molar-refractivity contribution in [3.63, 3.8) is 0 Å². The van der Waals surface area contributed by atoms with Gasteiger partial charge in [0.25, 0.3) is 5.91 Å². The van der Waals surface area contributed by atoms with Gasteiger partial charge in [0, 0.05) is 30.8 Å². The van der Waals surface area contributed by atoms with Crippen molar-refractivity contribution in [2.75, 3.05) is 13.2 Å². The molecule has 0 bridgehead atoms. The second-order valence-electron chi connectivity index (χ2n) is 13.6. The summed E-state index contributed by atoms with van der Waals surface area (Å²) < 4.78 is 5.49. The zero-order valence-electron chi connectivity index (χ0n) is 28.1. The van der Waals surface area contributed by atoms with Crippen LogP contribution in [-0.2, 0) is 40.1 Å².